The highest BCUT2D eigenvalue weighted by molar-refractivity contribution is 5.36. The predicted octanol–water partition coefficient (Wildman–Crippen LogP) is 0.756. The van der Waals surface area contributed by atoms with E-state index in [1.165, 1.54) is 0 Å². The van der Waals surface area contributed by atoms with Gasteiger partial charge in [-0.2, -0.15) is 0 Å². The fourth-order valence-electron chi connectivity index (χ4n) is 1.28. The third-order valence-corrected chi connectivity index (χ3v) is 2.04. The molecular formula is C13H18N2O2. The van der Waals surface area contributed by atoms with Crippen LogP contribution < -0.4 is 4.74 Å². The first-order valence-electron chi connectivity index (χ1n) is 5.54. The van der Waals surface area contributed by atoms with Gasteiger partial charge in [0.15, 0.2) is 0 Å². The van der Waals surface area contributed by atoms with Crippen molar-refractivity contribution in [3.8, 4) is 17.6 Å². The van der Waals surface area contributed by atoms with Crippen LogP contribution in [0.15, 0.2) is 18.5 Å². The molecule has 0 fully saturated rings. The van der Waals surface area contributed by atoms with Gasteiger partial charge in [-0.15, -0.1) is 0 Å². The van der Waals surface area contributed by atoms with Crippen LogP contribution in [0.2, 0.25) is 0 Å². The van der Waals surface area contributed by atoms with Crippen LogP contribution in [0, 0.1) is 11.8 Å². The van der Waals surface area contributed by atoms with Gasteiger partial charge in [0, 0.05) is 18.3 Å². The summed E-state index contributed by atoms with van der Waals surface area (Å²) in [4.78, 5) is 6.15. The molecule has 0 saturated heterocycles. The van der Waals surface area contributed by atoms with Gasteiger partial charge in [0.05, 0.1) is 12.8 Å². The van der Waals surface area contributed by atoms with Crippen LogP contribution in [-0.4, -0.2) is 48.8 Å². The molecule has 0 radical (unpaired) electrons. The predicted molar refractivity (Wildman–Crippen MR) is 66.9 cm³/mol. The summed E-state index contributed by atoms with van der Waals surface area (Å²) in [6.07, 6.45) is 4.29. The van der Waals surface area contributed by atoms with E-state index in [1.807, 2.05) is 20.2 Å². The molecule has 17 heavy (non-hydrogen) atoms. The summed E-state index contributed by atoms with van der Waals surface area (Å²) in [6, 6.07) is 1.82. The Hall–Kier alpha value is -1.57. The topological polar surface area (TPSA) is 45.6 Å². The van der Waals surface area contributed by atoms with Gasteiger partial charge in [-0.3, -0.25) is 4.98 Å². The van der Waals surface area contributed by atoms with Crippen molar-refractivity contribution in [1.82, 2.24) is 9.88 Å². The Morgan fingerprint density at radius 3 is 2.94 bits per heavy atom. The standard InChI is InChI=1S/C13H18N2O2/c1-15(2)6-4-8-17-13-9-12(5-3-7-16)10-14-11-13/h9-11,16H,4,6-8H2,1-2H3. The monoisotopic (exact) mass is 234 g/mol. The van der Waals surface area contributed by atoms with Crippen LogP contribution in [0.1, 0.15) is 12.0 Å². The molecule has 1 heterocycles. The van der Waals surface area contributed by atoms with Gasteiger partial charge in [-0.05, 0) is 26.6 Å². The van der Waals surface area contributed by atoms with Gasteiger partial charge in [0.1, 0.15) is 12.4 Å². The molecule has 0 bridgehead atoms. The number of hydrogen-bond acceptors (Lipinski definition) is 4. The molecule has 0 spiro atoms. The van der Waals surface area contributed by atoms with E-state index in [2.05, 4.69) is 21.7 Å². The Morgan fingerprint density at radius 2 is 2.24 bits per heavy atom. The zero-order valence-corrected chi connectivity index (χ0v) is 10.3. The van der Waals surface area contributed by atoms with Crippen LogP contribution in [0.25, 0.3) is 0 Å². The number of pyridine rings is 1. The molecule has 92 valence electrons. The molecule has 1 aromatic rings. The summed E-state index contributed by atoms with van der Waals surface area (Å²) < 4.78 is 5.56. The zero-order chi connectivity index (χ0) is 12.5. The van der Waals surface area contributed by atoms with Crippen LogP contribution in [0.5, 0.6) is 5.75 Å². The Labute approximate surface area is 102 Å². The van der Waals surface area contributed by atoms with Gasteiger partial charge in [-0.25, -0.2) is 0 Å². The van der Waals surface area contributed by atoms with E-state index in [0.29, 0.717) is 12.4 Å². The van der Waals surface area contributed by atoms with Crippen molar-refractivity contribution in [3.05, 3.63) is 24.0 Å². The van der Waals surface area contributed by atoms with E-state index in [0.717, 1.165) is 18.5 Å². The smallest absolute Gasteiger partial charge is 0.138 e. The van der Waals surface area contributed by atoms with E-state index in [9.17, 15) is 0 Å². The highest BCUT2D eigenvalue weighted by Crippen LogP contribution is 2.10. The molecule has 0 unspecified atom stereocenters. The average molecular weight is 234 g/mol. The molecular weight excluding hydrogens is 216 g/mol. The van der Waals surface area contributed by atoms with Crippen LogP contribution in [0.4, 0.5) is 0 Å². The molecule has 0 aliphatic heterocycles. The first-order valence-corrected chi connectivity index (χ1v) is 5.54. The summed E-state index contributed by atoms with van der Waals surface area (Å²) in [6.45, 7) is 1.52. The zero-order valence-electron chi connectivity index (χ0n) is 10.3. The normalized spacial score (nSPS) is 9.88. The van der Waals surface area contributed by atoms with Gasteiger partial charge in [0.2, 0.25) is 0 Å². The molecule has 4 heteroatoms. The van der Waals surface area contributed by atoms with Crippen molar-refractivity contribution >= 4 is 0 Å². The first-order chi connectivity index (χ1) is 8.22. The van der Waals surface area contributed by atoms with Crippen LogP contribution in [-0.2, 0) is 0 Å². The first kappa shape index (κ1) is 13.5. The highest BCUT2D eigenvalue weighted by atomic mass is 16.5. The molecule has 1 N–H and O–H groups in total. The Balaban J connectivity index is 2.43. The maximum absolute atomic E-state index is 8.59. The Bertz CT molecular complexity index is 394. The minimum absolute atomic E-state index is 0.145. The molecule has 1 aromatic heterocycles. The fraction of sp³-hybridized carbons (Fsp3) is 0.462. The number of ether oxygens (including phenoxy) is 1. The third-order valence-electron chi connectivity index (χ3n) is 2.04. The van der Waals surface area contributed by atoms with Crippen molar-refractivity contribution in [1.29, 1.82) is 0 Å². The van der Waals surface area contributed by atoms with Crippen molar-refractivity contribution in [2.75, 3.05) is 33.9 Å². The number of aliphatic hydroxyl groups is 1. The lowest BCUT2D eigenvalue weighted by atomic mass is 10.3. The molecule has 0 amide bonds. The van der Waals surface area contributed by atoms with Crippen molar-refractivity contribution < 1.29 is 9.84 Å². The Kier molecular flexibility index (Phi) is 6.08. The summed E-state index contributed by atoms with van der Waals surface area (Å²) in [5.41, 5.74) is 0.754. The summed E-state index contributed by atoms with van der Waals surface area (Å²) in [5, 5.41) is 8.59. The van der Waals surface area contributed by atoms with E-state index in [1.54, 1.807) is 12.4 Å². The van der Waals surface area contributed by atoms with Crippen molar-refractivity contribution in [3.63, 3.8) is 0 Å². The molecule has 4 nitrogen and oxygen atoms in total. The van der Waals surface area contributed by atoms with Gasteiger partial charge in [0.25, 0.3) is 0 Å². The second-order valence-corrected chi connectivity index (χ2v) is 3.87. The Morgan fingerprint density at radius 1 is 1.41 bits per heavy atom. The van der Waals surface area contributed by atoms with E-state index < -0.39 is 0 Å². The molecule has 0 aromatic carbocycles. The van der Waals surface area contributed by atoms with Crippen molar-refractivity contribution in [2.45, 2.75) is 6.42 Å². The second-order valence-electron chi connectivity index (χ2n) is 3.87. The molecule has 0 atom stereocenters. The quantitative estimate of drug-likeness (QED) is 0.603. The average Bonchev–Trinajstić information content (AvgIpc) is 2.32. The maximum atomic E-state index is 8.59. The number of hydrogen-bond donors (Lipinski definition) is 1. The molecule has 0 aliphatic rings. The highest BCUT2D eigenvalue weighted by Gasteiger charge is 1.96. The minimum Gasteiger partial charge on any atom is -0.492 e. The molecule has 0 saturated carbocycles. The number of aromatic nitrogens is 1. The molecule has 1 rings (SSSR count). The van der Waals surface area contributed by atoms with Gasteiger partial charge >= 0.3 is 0 Å². The van der Waals surface area contributed by atoms with Crippen LogP contribution >= 0.6 is 0 Å². The summed E-state index contributed by atoms with van der Waals surface area (Å²) >= 11 is 0. The lowest BCUT2D eigenvalue weighted by molar-refractivity contribution is 0.281. The van der Waals surface area contributed by atoms with Crippen LogP contribution in [0.3, 0.4) is 0 Å². The van der Waals surface area contributed by atoms with Gasteiger partial charge < -0.3 is 14.7 Å². The molecule has 0 aliphatic carbocycles. The fourth-order valence-corrected chi connectivity index (χ4v) is 1.28. The van der Waals surface area contributed by atoms with Gasteiger partial charge in [-0.1, -0.05) is 11.8 Å². The lowest BCUT2D eigenvalue weighted by Gasteiger charge is -2.10. The largest absolute Gasteiger partial charge is 0.492 e. The third kappa shape index (κ3) is 5.91. The number of aliphatic hydroxyl groups excluding tert-OH is 1. The second kappa shape index (κ2) is 7.66. The van der Waals surface area contributed by atoms with E-state index in [-0.39, 0.29) is 6.61 Å². The van der Waals surface area contributed by atoms with E-state index >= 15 is 0 Å². The summed E-state index contributed by atoms with van der Waals surface area (Å²) in [7, 11) is 4.07. The van der Waals surface area contributed by atoms with Crippen molar-refractivity contribution in [2.24, 2.45) is 0 Å². The SMILES string of the molecule is CN(C)CCCOc1cncc(C#CCO)c1. The maximum Gasteiger partial charge on any atom is 0.138 e. The van der Waals surface area contributed by atoms with E-state index in [4.69, 9.17) is 9.84 Å². The summed E-state index contributed by atoms with van der Waals surface area (Å²) in [5.74, 6) is 6.09. The lowest BCUT2D eigenvalue weighted by Crippen LogP contribution is -2.15. The number of nitrogens with zero attached hydrogens (tertiary/aromatic N) is 2. The number of rotatable bonds is 5. The minimum atomic E-state index is -0.145.